The van der Waals surface area contributed by atoms with Crippen LogP contribution in [0.25, 0.3) is 0 Å². The average molecular weight is 344 g/mol. The number of aromatic nitrogens is 2. The molecule has 1 aromatic carbocycles. The fourth-order valence-electron chi connectivity index (χ4n) is 2.62. The number of carbonyl (C=O) groups is 1. The number of hydrogen-bond acceptors (Lipinski definition) is 4. The average Bonchev–Trinajstić information content (AvgIpc) is 2.62. The molecule has 7 heteroatoms. The normalized spacial score (nSPS) is 12.1. The SMILES string of the molecule is CCN(CC)CC(NC(=O)Cn1[nH]c(=O)ccc1=O)c1ccccc1. The fourth-order valence-corrected chi connectivity index (χ4v) is 2.62. The van der Waals surface area contributed by atoms with E-state index < -0.39 is 11.1 Å². The number of aromatic amines is 1. The van der Waals surface area contributed by atoms with Gasteiger partial charge >= 0.3 is 0 Å². The fraction of sp³-hybridized carbons (Fsp3) is 0.389. The molecule has 0 fully saturated rings. The first-order valence-electron chi connectivity index (χ1n) is 8.40. The molecule has 0 radical (unpaired) electrons. The van der Waals surface area contributed by atoms with E-state index in [-0.39, 0.29) is 18.5 Å². The molecule has 1 amide bonds. The molecule has 0 saturated carbocycles. The van der Waals surface area contributed by atoms with Crippen LogP contribution < -0.4 is 16.4 Å². The van der Waals surface area contributed by atoms with Gasteiger partial charge in [0.2, 0.25) is 5.91 Å². The van der Waals surface area contributed by atoms with Crippen LogP contribution >= 0.6 is 0 Å². The first kappa shape index (κ1) is 18.7. The van der Waals surface area contributed by atoms with Crippen molar-refractivity contribution in [2.75, 3.05) is 19.6 Å². The number of amides is 1. The van der Waals surface area contributed by atoms with Crippen molar-refractivity contribution in [2.45, 2.75) is 26.4 Å². The lowest BCUT2D eigenvalue weighted by Crippen LogP contribution is -2.41. The molecular formula is C18H24N4O3. The summed E-state index contributed by atoms with van der Waals surface area (Å²) in [6, 6.07) is 11.8. The zero-order chi connectivity index (χ0) is 18.2. The Hall–Kier alpha value is -2.67. The van der Waals surface area contributed by atoms with Crippen LogP contribution in [0.1, 0.15) is 25.5 Å². The lowest BCUT2D eigenvalue weighted by atomic mass is 10.1. The van der Waals surface area contributed by atoms with Gasteiger partial charge in [0, 0.05) is 18.7 Å². The standard InChI is InChI=1S/C18H24N4O3/c1-3-21(4-2)12-15(14-8-6-5-7-9-14)19-17(24)13-22-18(25)11-10-16(23)20-22/h5-11,15H,3-4,12-13H2,1-2H3,(H,19,24)(H,20,23). The van der Waals surface area contributed by atoms with Crippen molar-refractivity contribution in [3.8, 4) is 0 Å². The van der Waals surface area contributed by atoms with Gasteiger partial charge in [0.1, 0.15) is 6.54 Å². The van der Waals surface area contributed by atoms with Crippen molar-refractivity contribution in [1.82, 2.24) is 20.0 Å². The van der Waals surface area contributed by atoms with Gasteiger partial charge in [-0.05, 0) is 18.7 Å². The summed E-state index contributed by atoms with van der Waals surface area (Å²) in [5, 5.41) is 5.33. The molecule has 0 aliphatic rings. The van der Waals surface area contributed by atoms with Gasteiger partial charge in [0.15, 0.2) is 0 Å². The Morgan fingerprint density at radius 2 is 1.80 bits per heavy atom. The van der Waals surface area contributed by atoms with Gasteiger partial charge in [-0.15, -0.1) is 0 Å². The van der Waals surface area contributed by atoms with Crippen molar-refractivity contribution in [3.63, 3.8) is 0 Å². The van der Waals surface area contributed by atoms with Crippen LogP contribution in [0.15, 0.2) is 52.1 Å². The highest BCUT2D eigenvalue weighted by Gasteiger charge is 2.17. The summed E-state index contributed by atoms with van der Waals surface area (Å²) in [5.74, 6) is -0.329. The second kappa shape index (κ2) is 8.98. The Labute approximate surface area is 146 Å². The summed E-state index contributed by atoms with van der Waals surface area (Å²) < 4.78 is 1.01. The summed E-state index contributed by atoms with van der Waals surface area (Å²) in [4.78, 5) is 37.7. The quantitative estimate of drug-likeness (QED) is 0.739. The molecular weight excluding hydrogens is 320 g/mol. The van der Waals surface area contributed by atoms with Crippen molar-refractivity contribution in [3.05, 3.63) is 68.7 Å². The van der Waals surface area contributed by atoms with Gasteiger partial charge in [-0.3, -0.25) is 19.5 Å². The van der Waals surface area contributed by atoms with Crippen molar-refractivity contribution < 1.29 is 4.79 Å². The Morgan fingerprint density at radius 1 is 1.12 bits per heavy atom. The number of rotatable bonds is 8. The highest BCUT2D eigenvalue weighted by molar-refractivity contribution is 5.76. The predicted molar refractivity (Wildman–Crippen MR) is 96.4 cm³/mol. The molecule has 25 heavy (non-hydrogen) atoms. The molecule has 1 atom stereocenters. The molecule has 2 N–H and O–H groups in total. The third-order valence-corrected chi connectivity index (χ3v) is 4.06. The molecule has 0 aliphatic heterocycles. The molecule has 2 aromatic rings. The summed E-state index contributed by atoms with van der Waals surface area (Å²) in [7, 11) is 0. The number of carbonyl (C=O) groups excluding carboxylic acids is 1. The van der Waals surface area contributed by atoms with Gasteiger partial charge in [-0.25, -0.2) is 4.68 Å². The first-order chi connectivity index (χ1) is 12.0. The number of nitrogens with zero attached hydrogens (tertiary/aromatic N) is 2. The number of likely N-dealkylation sites (N-methyl/N-ethyl adjacent to an activating group) is 1. The maximum Gasteiger partial charge on any atom is 0.265 e. The number of nitrogens with one attached hydrogen (secondary N) is 2. The molecule has 0 spiro atoms. The van der Waals surface area contributed by atoms with E-state index in [0.29, 0.717) is 6.54 Å². The van der Waals surface area contributed by atoms with Gasteiger partial charge in [-0.2, -0.15) is 0 Å². The topological polar surface area (TPSA) is 87.2 Å². The summed E-state index contributed by atoms with van der Waals surface area (Å²) in [6.45, 7) is 6.34. The number of benzene rings is 1. The van der Waals surface area contributed by atoms with E-state index in [4.69, 9.17) is 0 Å². The molecule has 1 aromatic heterocycles. The zero-order valence-electron chi connectivity index (χ0n) is 14.6. The van der Waals surface area contributed by atoms with Crippen LogP contribution in [0.3, 0.4) is 0 Å². The Morgan fingerprint density at radius 3 is 2.44 bits per heavy atom. The number of hydrogen-bond donors (Lipinski definition) is 2. The summed E-state index contributed by atoms with van der Waals surface area (Å²) in [6.07, 6.45) is 0. The smallest absolute Gasteiger partial charge is 0.265 e. The second-order valence-corrected chi connectivity index (χ2v) is 5.75. The monoisotopic (exact) mass is 344 g/mol. The third kappa shape index (κ3) is 5.42. The highest BCUT2D eigenvalue weighted by atomic mass is 16.2. The third-order valence-electron chi connectivity index (χ3n) is 4.06. The molecule has 0 aliphatic carbocycles. The Balaban J connectivity index is 2.15. The van der Waals surface area contributed by atoms with Gasteiger partial charge < -0.3 is 10.2 Å². The van der Waals surface area contributed by atoms with Crippen LogP contribution in [-0.4, -0.2) is 40.2 Å². The van der Waals surface area contributed by atoms with E-state index in [1.165, 1.54) is 0 Å². The van der Waals surface area contributed by atoms with Crippen LogP contribution in [0.2, 0.25) is 0 Å². The second-order valence-electron chi connectivity index (χ2n) is 5.75. The molecule has 1 unspecified atom stereocenters. The predicted octanol–water partition coefficient (Wildman–Crippen LogP) is 0.736. The molecule has 134 valence electrons. The minimum absolute atomic E-state index is 0.195. The first-order valence-corrected chi connectivity index (χ1v) is 8.40. The molecule has 7 nitrogen and oxygen atoms in total. The molecule has 0 saturated heterocycles. The minimum atomic E-state index is -0.422. The summed E-state index contributed by atoms with van der Waals surface area (Å²) >= 11 is 0. The van der Waals surface area contributed by atoms with Crippen molar-refractivity contribution in [1.29, 1.82) is 0 Å². The van der Waals surface area contributed by atoms with Crippen molar-refractivity contribution in [2.24, 2.45) is 0 Å². The van der Waals surface area contributed by atoms with Crippen molar-refractivity contribution >= 4 is 5.91 Å². The van der Waals surface area contributed by atoms with E-state index in [0.717, 1.165) is 35.5 Å². The maximum absolute atomic E-state index is 12.4. The lowest BCUT2D eigenvalue weighted by molar-refractivity contribution is -0.122. The van der Waals surface area contributed by atoms with E-state index in [2.05, 4.69) is 29.2 Å². The van der Waals surface area contributed by atoms with Crippen LogP contribution in [-0.2, 0) is 11.3 Å². The van der Waals surface area contributed by atoms with E-state index >= 15 is 0 Å². The highest BCUT2D eigenvalue weighted by Crippen LogP contribution is 2.14. The maximum atomic E-state index is 12.4. The largest absolute Gasteiger partial charge is 0.346 e. The lowest BCUT2D eigenvalue weighted by Gasteiger charge is -2.26. The molecule has 2 rings (SSSR count). The summed E-state index contributed by atoms with van der Waals surface area (Å²) in [5.41, 5.74) is 0.154. The van der Waals surface area contributed by atoms with Crippen LogP contribution in [0.5, 0.6) is 0 Å². The molecule has 1 heterocycles. The molecule has 0 bridgehead atoms. The minimum Gasteiger partial charge on any atom is -0.346 e. The Kier molecular flexibility index (Phi) is 6.71. The van der Waals surface area contributed by atoms with E-state index in [9.17, 15) is 14.4 Å². The number of H-pyrrole nitrogens is 1. The van der Waals surface area contributed by atoms with Crippen LogP contribution in [0, 0.1) is 0 Å². The Bertz CT molecular complexity index is 794. The van der Waals surface area contributed by atoms with Crippen LogP contribution in [0.4, 0.5) is 0 Å². The van der Waals surface area contributed by atoms with Gasteiger partial charge in [-0.1, -0.05) is 44.2 Å². The van der Waals surface area contributed by atoms with Gasteiger partial charge in [0.25, 0.3) is 11.1 Å². The van der Waals surface area contributed by atoms with E-state index in [1.807, 2.05) is 30.3 Å². The van der Waals surface area contributed by atoms with Gasteiger partial charge in [0.05, 0.1) is 6.04 Å². The van der Waals surface area contributed by atoms with E-state index in [1.54, 1.807) is 0 Å². The zero-order valence-corrected chi connectivity index (χ0v) is 14.6.